The molecule has 88 valence electrons. The molecule has 0 saturated heterocycles. The monoisotopic (exact) mass is 332 g/mol. The maximum atomic E-state index is 12.2. The van der Waals surface area contributed by atoms with E-state index in [1.165, 1.54) is 0 Å². The van der Waals surface area contributed by atoms with Crippen LogP contribution < -0.4 is 0 Å². The molecule has 0 aliphatic heterocycles. The Bertz CT molecular complexity index is 353. The lowest BCUT2D eigenvalue weighted by molar-refractivity contribution is -0.119. The molecule has 2 atom stereocenters. The summed E-state index contributed by atoms with van der Waals surface area (Å²) in [5.41, 5.74) is 1.81. The van der Waals surface area contributed by atoms with Crippen molar-refractivity contribution in [3.8, 4) is 0 Å². The first-order valence-corrected chi connectivity index (χ1v) is 6.40. The number of halogens is 1. The third-order valence-corrected chi connectivity index (χ3v) is 3.35. The van der Waals surface area contributed by atoms with Gasteiger partial charge in [-0.05, 0) is 25.8 Å². The third-order valence-electron chi connectivity index (χ3n) is 2.80. The highest BCUT2D eigenvalue weighted by molar-refractivity contribution is 14.1. The Morgan fingerprint density at radius 2 is 1.94 bits per heavy atom. The number of carbonyl (C=O) groups excluding carboxylic acids is 1. The van der Waals surface area contributed by atoms with Crippen molar-refractivity contribution in [2.24, 2.45) is 5.92 Å². The van der Waals surface area contributed by atoms with E-state index >= 15 is 0 Å². The highest BCUT2D eigenvalue weighted by atomic mass is 127. The van der Waals surface area contributed by atoms with E-state index in [9.17, 15) is 4.79 Å². The molecule has 1 rings (SSSR count). The zero-order chi connectivity index (χ0) is 12.1. The lowest BCUT2D eigenvalue weighted by Crippen LogP contribution is -2.21. The summed E-state index contributed by atoms with van der Waals surface area (Å²) in [6.07, 6.45) is 8.43. The minimum atomic E-state index is -0.0968. The van der Waals surface area contributed by atoms with Gasteiger partial charge >= 0.3 is 0 Å². The molecule has 1 aliphatic carbocycles. The molecule has 0 amide bonds. The second-order valence-corrected chi connectivity index (χ2v) is 4.27. The molecule has 0 spiro atoms. The summed E-state index contributed by atoms with van der Waals surface area (Å²) in [6.45, 7) is 5.90. The van der Waals surface area contributed by atoms with Crippen LogP contribution in [0.4, 0.5) is 0 Å². The van der Waals surface area contributed by atoms with Gasteiger partial charge in [-0.1, -0.05) is 31.2 Å². The van der Waals surface area contributed by atoms with E-state index in [0.717, 1.165) is 17.6 Å². The van der Waals surface area contributed by atoms with E-state index in [2.05, 4.69) is 0 Å². The predicted molar refractivity (Wildman–Crippen MR) is 74.3 cm³/mol. The first-order chi connectivity index (χ1) is 7.71. The van der Waals surface area contributed by atoms with E-state index in [1.54, 1.807) is 0 Å². The van der Waals surface area contributed by atoms with E-state index in [1.807, 2.05) is 68.1 Å². The molecule has 1 aliphatic rings. The molecular formula is C13H17IO2. The van der Waals surface area contributed by atoms with Crippen LogP contribution >= 0.6 is 23.0 Å². The van der Waals surface area contributed by atoms with E-state index in [4.69, 9.17) is 3.07 Å². The van der Waals surface area contributed by atoms with Gasteiger partial charge in [-0.2, -0.15) is 0 Å². The average Bonchev–Trinajstić information content (AvgIpc) is 2.53. The molecule has 0 saturated carbocycles. The van der Waals surface area contributed by atoms with Crippen LogP contribution in [0.2, 0.25) is 0 Å². The van der Waals surface area contributed by atoms with Gasteiger partial charge in [-0.3, -0.25) is 4.79 Å². The number of carbonyl (C=O) groups is 1. The molecule has 0 radical (unpaired) electrons. The third kappa shape index (κ3) is 2.46. The summed E-state index contributed by atoms with van der Waals surface area (Å²) in [6, 6.07) is 0. The van der Waals surface area contributed by atoms with Crippen molar-refractivity contribution in [2.75, 3.05) is 0 Å². The van der Waals surface area contributed by atoms with Crippen molar-refractivity contribution >= 4 is 28.8 Å². The molecule has 2 nitrogen and oxygen atoms in total. The SMILES string of the molecule is C/C=C\C1=C(/C=C\C)C(OI)C(CC)C1=O. The number of allylic oxidation sites excluding steroid dienone is 4. The summed E-state index contributed by atoms with van der Waals surface area (Å²) >= 11 is 1.89. The maximum absolute atomic E-state index is 12.2. The van der Waals surface area contributed by atoms with Crippen LogP contribution in [0.15, 0.2) is 35.5 Å². The van der Waals surface area contributed by atoms with Gasteiger partial charge in [0.1, 0.15) is 29.1 Å². The van der Waals surface area contributed by atoms with Crippen LogP contribution in [0, 0.1) is 5.92 Å². The van der Waals surface area contributed by atoms with Gasteiger partial charge < -0.3 is 3.07 Å². The van der Waals surface area contributed by atoms with Crippen LogP contribution in [0.25, 0.3) is 0 Å². The van der Waals surface area contributed by atoms with Gasteiger partial charge in [0, 0.05) is 5.57 Å². The fraction of sp³-hybridized carbons (Fsp3) is 0.462. The zero-order valence-corrected chi connectivity index (χ0v) is 12.0. The second kappa shape index (κ2) is 6.35. The Balaban J connectivity index is 3.21. The highest BCUT2D eigenvalue weighted by Gasteiger charge is 2.39. The Hall–Kier alpha value is -0.420. The fourth-order valence-corrected chi connectivity index (χ4v) is 2.70. The summed E-state index contributed by atoms with van der Waals surface area (Å²) in [5, 5.41) is 0. The van der Waals surface area contributed by atoms with Crippen LogP contribution in [0.3, 0.4) is 0 Å². The van der Waals surface area contributed by atoms with Crippen molar-refractivity contribution in [3.63, 3.8) is 0 Å². The van der Waals surface area contributed by atoms with Crippen molar-refractivity contribution in [3.05, 3.63) is 35.5 Å². The minimum Gasteiger partial charge on any atom is -0.307 e. The lowest BCUT2D eigenvalue weighted by atomic mass is 9.98. The Morgan fingerprint density at radius 3 is 2.38 bits per heavy atom. The Kier molecular flexibility index (Phi) is 5.41. The van der Waals surface area contributed by atoms with E-state index in [0.29, 0.717) is 0 Å². The van der Waals surface area contributed by atoms with E-state index in [-0.39, 0.29) is 17.8 Å². The molecule has 0 aromatic heterocycles. The number of rotatable bonds is 4. The summed E-state index contributed by atoms with van der Waals surface area (Å²) in [4.78, 5) is 12.2. The normalized spacial score (nSPS) is 26.6. The van der Waals surface area contributed by atoms with Gasteiger partial charge in [0.25, 0.3) is 0 Å². The van der Waals surface area contributed by atoms with Gasteiger partial charge in [-0.25, -0.2) is 0 Å². The number of hydrogen-bond donors (Lipinski definition) is 0. The molecule has 0 aromatic rings. The van der Waals surface area contributed by atoms with E-state index < -0.39 is 0 Å². The fourth-order valence-electron chi connectivity index (χ4n) is 2.07. The number of hydrogen-bond acceptors (Lipinski definition) is 2. The first-order valence-electron chi connectivity index (χ1n) is 5.52. The summed E-state index contributed by atoms with van der Waals surface area (Å²) in [5.74, 6) is 0.171. The topological polar surface area (TPSA) is 26.3 Å². The highest BCUT2D eigenvalue weighted by Crippen LogP contribution is 2.35. The molecule has 16 heavy (non-hydrogen) atoms. The number of ketones is 1. The van der Waals surface area contributed by atoms with Crippen LogP contribution in [0.1, 0.15) is 27.2 Å². The molecule has 0 fully saturated rings. The standard InChI is InChI=1S/C13H17IO2/c1-4-7-10-11(8-5-2)13(16-14)9(6-3)12(10)15/h4-5,7-9,13H,6H2,1-3H3/b7-4-,8-5-. The second-order valence-electron chi connectivity index (χ2n) is 3.76. The lowest BCUT2D eigenvalue weighted by Gasteiger charge is -2.15. The Labute approximate surface area is 111 Å². The molecule has 0 heterocycles. The van der Waals surface area contributed by atoms with Crippen molar-refractivity contribution < 1.29 is 7.86 Å². The summed E-state index contributed by atoms with van der Waals surface area (Å²) in [7, 11) is 0. The van der Waals surface area contributed by atoms with Crippen LogP contribution in [-0.2, 0) is 7.86 Å². The molecule has 3 heteroatoms. The number of Topliss-reactive ketones (excluding diaryl/α,β-unsaturated/α-hetero) is 1. The minimum absolute atomic E-state index is 0.0331. The van der Waals surface area contributed by atoms with Gasteiger partial charge in [0.15, 0.2) is 5.78 Å². The summed E-state index contributed by atoms with van der Waals surface area (Å²) < 4.78 is 5.43. The first kappa shape index (κ1) is 13.6. The largest absolute Gasteiger partial charge is 0.307 e. The van der Waals surface area contributed by atoms with Gasteiger partial charge in [0.05, 0.1) is 5.92 Å². The van der Waals surface area contributed by atoms with Gasteiger partial charge in [0.2, 0.25) is 0 Å². The predicted octanol–water partition coefficient (Wildman–Crippen LogP) is 3.78. The molecule has 0 N–H and O–H groups in total. The molecular weight excluding hydrogens is 315 g/mol. The van der Waals surface area contributed by atoms with Crippen molar-refractivity contribution in [1.29, 1.82) is 0 Å². The van der Waals surface area contributed by atoms with Crippen molar-refractivity contribution in [1.82, 2.24) is 0 Å². The Morgan fingerprint density at radius 1 is 1.31 bits per heavy atom. The quantitative estimate of drug-likeness (QED) is 0.733. The molecule has 2 unspecified atom stereocenters. The zero-order valence-electron chi connectivity index (χ0n) is 9.87. The average molecular weight is 332 g/mol. The van der Waals surface area contributed by atoms with Gasteiger partial charge in [-0.15, -0.1) is 0 Å². The van der Waals surface area contributed by atoms with Crippen LogP contribution in [-0.4, -0.2) is 11.9 Å². The smallest absolute Gasteiger partial charge is 0.169 e. The van der Waals surface area contributed by atoms with Crippen molar-refractivity contribution in [2.45, 2.75) is 33.3 Å². The van der Waals surface area contributed by atoms with Crippen LogP contribution in [0.5, 0.6) is 0 Å². The molecule has 0 bridgehead atoms. The molecule has 0 aromatic carbocycles. The maximum Gasteiger partial charge on any atom is 0.169 e.